The molecule has 0 aromatic heterocycles. The minimum absolute atomic E-state index is 0.198. The van der Waals surface area contributed by atoms with Gasteiger partial charge in [-0.3, -0.25) is 5.41 Å². The maximum absolute atomic E-state index is 12.3. The molecule has 2 aromatic carbocycles. The second kappa shape index (κ2) is 10.1. The van der Waals surface area contributed by atoms with E-state index in [1.807, 2.05) is 38.1 Å². The predicted molar refractivity (Wildman–Crippen MR) is 114 cm³/mol. The van der Waals surface area contributed by atoms with E-state index in [4.69, 9.17) is 10.1 Å². The van der Waals surface area contributed by atoms with Gasteiger partial charge in [0.25, 0.3) is 0 Å². The molecule has 7 heteroatoms. The molecule has 0 spiro atoms. The molecular weight excluding hydrogens is 374 g/mol. The zero-order valence-corrected chi connectivity index (χ0v) is 17.1. The quantitative estimate of drug-likeness (QED) is 0.335. The first-order valence-corrected chi connectivity index (χ1v) is 10.7. The Morgan fingerprint density at radius 1 is 1.14 bits per heavy atom. The van der Waals surface area contributed by atoms with Gasteiger partial charge in [0, 0.05) is 17.9 Å². The summed E-state index contributed by atoms with van der Waals surface area (Å²) in [5, 5.41) is 7.76. The van der Waals surface area contributed by atoms with E-state index in [0.29, 0.717) is 24.5 Å². The standard InChI is InChI=1S/C21H27N3O3S/c1-4-6-15-23-28(25,26)21-13-9-19(10-14-21)24(16-22)17(3)18-7-11-20(12-8-18)27-5-2/h7-14,16,22-23H,3-6,15H2,1-2H3. The van der Waals surface area contributed by atoms with Gasteiger partial charge in [0.05, 0.1) is 17.8 Å². The zero-order chi connectivity index (χ0) is 20.6. The highest BCUT2D eigenvalue weighted by atomic mass is 32.2. The van der Waals surface area contributed by atoms with Crippen molar-refractivity contribution in [2.75, 3.05) is 18.1 Å². The minimum atomic E-state index is -3.53. The molecule has 0 aliphatic carbocycles. The molecule has 0 saturated carbocycles. The molecule has 28 heavy (non-hydrogen) atoms. The molecule has 6 nitrogen and oxygen atoms in total. The molecule has 0 fully saturated rings. The Hall–Kier alpha value is -2.64. The summed E-state index contributed by atoms with van der Waals surface area (Å²) in [7, 11) is -3.53. The number of hydrogen-bond acceptors (Lipinski definition) is 4. The first-order chi connectivity index (χ1) is 13.4. The van der Waals surface area contributed by atoms with Gasteiger partial charge in [-0.15, -0.1) is 0 Å². The van der Waals surface area contributed by atoms with Crippen molar-refractivity contribution in [2.45, 2.75) is 31.6 Å². The van der Waals surface area contributed by atoms with Gasteiger partial charge in [-0.2, -0.15) is 0 Å². The van der Waals surface area contributed by atoms with Crippen LogP contribution in [0.4, 0.5) is 5.69 Å². The largest absolute Gasteiger partial charge is 0.494 e. The van der Waals surface area contributed by atoms with Crippen molar-refractivity contribution in [2.24, 2.45) is 0 Å². The van der Waals surface area contributed by atoms with Crippen LogP contribution < -0.4 is 14.4 Å². The van der Waals surface area contributed by atoms with Crippen LogP contribution in [0.15, 0.2) is 60.0 Å². The van der Waals surface area contributed by atoms with Crippen molar-refractivity contribution in [1.82, 2.24) is 4.72 Å². The number of nitrogens with zero attached hydrogens (tertiary/aromatic N) is 1. The lowest BCUT2D eigenvalue weighted by molar-refractivity contribution is 0.340. The van der Waals surface area contributed by atoms with Crippen LogP contribution in [-0.4, -0.2) is 27.9 Å². The maximum atomic E-state index is 12.3. The molecular formula is C21H27N3O3S. The lowest BCUT2D eigenvalue weighted by Gasteiger charge is -2.22. The van der Waals surface area contributed by atoms with Crippen molar-refractivity contribution >= 4 is 27.7 Å². The fraction of sp³-hybridized carbons (Fsp3) is 0.286. The predicted octanol–water partition coefficient (Wildman–Crippen LogP) is 4.25. The fourth-order valence-corrected chi connectivity index (χ4v) is 3.68. The third-order valence-electron chi connectivity index (χ3n) is 4.17. The topological polar surface area (TPSA) is 82.5 Å². The Labute approximate surface area is 167 Å². The van der Waals surface area contributed by atoms with Gasteiger partial charge in [0.2, 0.25) is 10.0 Å². The highest BCUT2D eigenvalue weighted by molar-refractivity contribution is 7.89. The number of unbranched alkanes of at least 4 members (excludes halogenated alkanes) is 1. The number of benzene rings is 2. The van der Waals surface area contributed by atoms with E-state index in [9.17, 15) is 8.42 Å². The van der Waals surface area contributed by atoms with E-state index in [2.05, 4.69) is 11.3 Å². The van der Waals surface area contributed by atoms with Crippen LogP contribution >= 0.6 is 0 Å². The minimum Gasteiger partial charge on any atom is -0.494 e. The second-order valence-corrected chi connectivity index (χ2v) is 7.92. The third kappa shape index (κ3) is 5.43. The summed E-state index contributed by atoms with van der Waals surface area (Å²) in [5.74, 6) is 0.769. The smallest absolute Gasteiger partial charge is 0.240 e. The maximum Gasteiger partial charge on any atom is 0.240 e. The molecule has 0 unspecified atom stereocenters. The van der Waals surface area contributed by atoms with Crippen molar-refractivity contribution < 1.29 is 13.2 Å². The molecule has 0 bridgehead atoms. The zero-order valence-electron chi connectivity index (χ0n) is 16.3. The van der Waals surface area contributed by atoms with Gasteiger partial charge >= 0.3 is 0 Å². The van der Waals surface area contributed by atoms with Gasteiger partial charge in [-0.25, -0.2) is 13.1 Å². The summed E-state index contributed by atoms with van der Waals surface area (Å²) >= 11 is 0. The molecule has 0 radical (unpaired) electrons. The van der Waals surface area contributed by atoms with Gasteiger partial charge in [-0.05, 0) is 67.4 Å². The summed E-state index contributed by atoms with van der Waals surface area (Å²) in [4.78, 5) is 1.79. The lowest BCUT2D eigenvalue weighted by Crippen LogP contribution is -2.25. The molecule has 2 N–H and O–H groups in total. The van der Waals surface area contributed by atoms with Crippen molar-refractivity contribution in [3.63, 3.8) is 0 Å². The van der Waals surface area contributed by atoms with E-state index in [1.54, 1.807) is 17.0 Å². The molecule has 0 aliphatic heterocycles. The Balaban J connectivity index is 2.17. The third-order valence-corrected chi connectivity index (χ3v) is 5.64. The van der Waals surface area contributed by atoms with Crippen LogP contribution in [0.25, 0.3) is 5.70 Å². The molecule has 0 amide bonds. The summed E-state index contributed by atoms with van der Waals surface area (Å²) in [6.07, 6.45) is 2.87. The van der Waals surface area contributed by atoms with Crippen molar-refractivity contribution in [1.29, 1.82) is 5.41 Å². The molecule has 0 saturated heterocycles. The van der Waals surface area contributed by atoms with Gasteiger partial charge in [0.15, 0.2) is 0 Å². The normalized spacial score (nSPS) is 11.1. The summed E-state index contributed by atoms with van der Waals surface area (Å²) in [6, 6.07) is 13.9. The van der Waals surface area contributed by atoms with E-state index in [0.717, 1.165) is 30.5 Å². The van der Waals surface area contributed by atoms with Crippen LogP contribution in [-0.2, 0) is 10.0 Å². The van der Waals surface area contributed by atoms with Crippen molar-refractivity contribution in [3.05, 3.63) is 60.7 Å². The van der Waals surface area contributed by atoms with Gasteiger partial charge < -0.3 is 9.64 Å². The SMILES string of the molecule is C=C(c1ccc(OCC)cc1)N(C=N)c1ccc(S(=O)(=O)NCCCC)cc1. The number of hydrogen-bond donors (Lipinski definition) is 2. The molecule has 2 rings (SSSR count). The average Bonchev–Trinajstić information content (AvgIpc) is 2.70. The first kappa shape index (κ1) is 21.7. The van der Waals surface area contributed by atoms with Crippen molar-refractivity contribution in [3.8, 4) is 5.75 Å². The monoisotopic (exact) mass is 401 g/mol. The Bertz CT molecular complexity index is 891. The average molecular weight is 402 g/mol. The number of rotatable bonds is 11. The van der Waals surface area contributed by atoms with Crippen LogP contribution in [0.1, 0.15) is 32.3 Å². The van der Waals surface area contributed by atoms with Gasteiger partial charge in [-0.1, -0.05) is 19.9 Å². The highest BCUT2D eigenvalue weighted by Crippen LogP contribution is 2.26. The second-order valence-electron chi connectivity index (χ2n) is 6.15. The van der Waals surface area contributed by atoms with E-state index < -0.39 is 10.0 Å². The Kier molecular flexibility index (Phi) is 7.78. The summed E-state index contributed by atoms with van der Waals surface area (Å²) < 4.78 is 32.6. The number of ether oxygens (including phenoxy) is 1. The number of sulfonamides is 1. The summed E-state index contributed by atoms with van der Waals surface area (Å²) in [6.45, 7) is 9.01. The Morgan fingerprint density at radius 3 is 2.32 bits per heavy atom. The summed E-state index contributed by atoms with van der Waals surface area (Å²) in [5.41, 5.74) is 2.10. The fourth-order valence-electron chi connectivity index (χ4n) is 2.61. The first-order valence-electron chi connectivity index (χ1n) is 9.24. The lowest BCUT2D eigenvalue weighted by atomic mass is 10.1. The van der Waals surface area contributed by atoms with E-state index >= 15 is 0 Å². The van der Waals surface area contributed by atoms with Gasteiger partial charge in [0.1, 0.15) is 5.75 Å². The van der Waals surface area contributed by atoms with Crippen LogP contribution in [0, 0.1) is 5.41 Å². The molecule has 0 atom stereocenters. The number of nitrogens with one attached hydrogen (secondary N) is 2. The highest BCUT2D eigenvalue weighted by Gasteiger charge is 2.15. The molecule has 0 heterocycles. The molecule has 0 aliphatic rings. The van der Waals surface area contributed by atoms with E-state index in [-0.39, 0.29) is 4.90 Å². The Morgan fingerprint density at radius 2 is 1.79 bits per heavy atom. The number of anilines is 1. The van der Waals surface area contributed by atoms with Crippen LogP contribution in [0.5, 0.6) is 5.75 Å². The van der Waals surface area contributed by atoms with E-state index in [1.165, 1.54) is 12.1 Å². The van der Waals surface area contributed by atoms with Crippen LogP contribution in [0.2, 0.25) is 0 Å². The molecule has 150 valence electrons. The molecule has 2 aromatic rings. The van der Waals surface area contributed by atoms with Crippen LogP contribution in [0.3, 0.4) is 0 Å².